The average molecular weight is 138 g/mol. The quantitative estimate of drug-likeness (QED) is 0.462. The van der Waals surface area contributed by atoms with Gasteiger partial charge in [-0.2, -0.15) is 0 Å². The molecule has 0 fully saturated rings. The molecule has 0 aliphatic carbocycles. The van der Waals surface area contributed by atoms with Gasteiger partial charge in [0.15, 0.2) is 0 Å². The minimum atomic E-state index is 1.06. The normalized spacial score (nSPS) is 13.3. The predicted octanol–water partition coefficient (Wildman–Crippen LogP) is 1.37. The highest BCUT2D eigenvalue weighted by Gasteiger charge is 1.79. The van der Waals surface area contributed by atoms with E-state index in [-0.39, 0.29) is 0 Å². The molecule has 0 amide bonds. The lowest BCUT2D eigenvalue weighted by atomic mass is 10.3. The van der Waals surface area contributed by atoms with Gasteiger partial charge in [0, 0.05) is 26.0 Å². The number of likely N-dealkylation sites (N-methyl/N-ethyl adjacent to an activating group) is 1. The molecule has 56 valence electrons. The van der Waals surface area contributed by atoms with E-state index < -0.39 is 0 Å². The zero-order chi connectivity index (χ0) is 7.82. The molecule has 0 saturated heterocycles. The number of rotatable bonds is 3. The van der Waals surface area contributed by atoms with Gasteiger partial charge in [-0.1, -0.05) is 6.08 Å². The Morgan fingerprint density at radius 2 is 2.20 bits per heavy atom. The van der Waals surface area contributed by atoms with Crippen LogP contribution >= 0.6 is 0 Å². The van der Waals surface area contributed by atoms with Crippen LogP contribution in [0.1, 0.15) is 6.92 Å². The van der Waals surface area contributed by atoms with Gasteiger partial charge >= 0.3 is 0 Å². The molecular formula is C8H14N2. The minimum absolute atomic E-state index is 1.06. The highest BCUT2D eigenvalue weighted by atomic mass is 14.8. The molecule has 0 aromatic carbocycles. The molecule has 0 spiro atoms. The second-order valence-electron chi connectivity index (χ2n) is 1.78. The summed E-state index contributed by atoms with van der Waals surface area (Å²) in [5.74, 6) is 0. The van der Waals surface area contributed by atoms with Gasteiger partial charge in [-0.3, -0.25) is 4.99 Å². The van der Waals surface area contributed by atoms with Crippen LogP contribution in [0.4, 0.5) is 0 Å². The van der Waals surface area contributed by atoms with Crippen molar-refractivity contribution in [3.05, 3.63) is 23.9 Å². The Hall–Kier alpha value is -1.05. The van der Waals surface area contributed by atoms with Crippen LogP contribution < -0.4 is 5.32 Å². The van der Waals surface area contributed by atoms with Crippen molar-refractivity contribution in [1.82, 2.24) is 5.32 Å². The van der Waals surface area contributed by atoms with E-state index in [1.807, 2.05) is 32.2 Å². The highest BCUT2D eigenvalue weighted by Crippen LogP contribution is 1.87. The van der Waals surface area contributed by atoms with E-state index in [0.29, 0.717) is 0 Å². The molecule has 2 heteroatoms. The van der Waals surface area contributed by atoms with Crippen LogP contribution in [-0.4, -0.2) is 20.3 Å². The van der Waals surface area contributed by atoms with E-state index in [1.54, 1.807) is 13.3 Å². The van der Waals surface area contributed by atoms with Crippen LogP contribution in [0.5, 0.6) is 0 Å². The van der Waals surface area contributed by atoms with Crippen molar-refractivity contribution in [2.75, 3.05) is 14.1 Å². The Kier molecular flexibility index (Phi) is 5.44. The van der Waals surface area contributed by atoms with Crippen molar-refractivity contribution in [2.24, 2.45) is 4.99 Å². The zero-order valence-corrected chi connectivity index (χ0v) is 6.76. The van der Waals surface area contributed by atoms with Crippen molar-refractivity contribution < 1.29 is 0 Å². The Morgan fingerprint density at radius 1 is 1.50 bits per heavy atom. The van der Waals surface area contributed by atoms with Crippen molar-refractivity contribution in [2.45, 2.75) is 6.92 Å². The molecular weight excluding hydrogens is 124 g/mol. The minimum Gasteiger partial charge on any atom is -0.388 e. The zero-order valence-electron chi connectivity index (χ0n) is 6.76. The molecule has 0 atom stereocenters. The van der Waals surface area contributed by atoms with E-state index in [9.17, 15) is 0 Å². The van der Waals surface area contributed by atoms with Crippen LogP contribution in [0, 0.1) is 0 Å². The smallest absolute Gasteiger partial charge is 0.0349 e. The fraction of sp³-hybridized carbons (Fsp3) is 0.375. The third-order valence-electron chi connectivity index (χ3n) is 1.04. The number of nitrogens with zero attached hydrogens (tertiary/aromatic N) is 1. The summed E-state index contributed by atoms with van der Waals surface area (Å²) in [6.07, 6.45) is 7.64. The van der Waals surface area contributed by atoms with Gasteiger partial charge in [0.1, 0.15) is 0 Å². The summed E-state index contributed by atoms with van der Waals surface area (Å²) in [5.41, 5.74) is 1.06. The molecule has 0 aliphatic rings. The van der Waals surface area contributed by atoms with Gasteiger partial charge < -0.3 is 5.32 Å². The van der Waals surface area contributed by atoms with Gasteiger partial charge in [0.2, 0.25) is 0 Å². The lowest BCUT2D eigenvalue weighted by Gasteiger charge is -1.95. The lowest BCUT2D eigenvalue weighted by molar-refractivity contribution is 1.03. The fourth-order valence-corrected chi connectivity index (χ4v) is 0.557. The first kappa shape index (κ1) is 8.95. The summed E-state index contributed by atoms with van der Waals surface area (Å²) in [5, 5.41) is 3.02. The van der Waals surface area contributed by atoms with Gasteiger partial charge in [0.05, 0.1) is 0 Å². The number of aliphatic imine (C=N–C) groups is 1. The van der Waals surface area contributed by atoms with E-state index in [2.05, 4.69) is 10.3 Å². The number of allylic oxidation sites excluding steroid dienone is 3. The maximum atomic E-state index is 3.83. The van der Waals surface area contributed by atoms with Crippen LogP contribution in [0.15, 0.2) is 28.9 Å². The molecule has 0 heterocycles. The summed E-state index contributed by atoms with van der Waals surface area (Å²) < 4.78 is 0. The van der Waals surface area contributed by atoms with E-state index in [4.69, 9.17) is 0 Å². The molecule has 0 rings (SSSR count). The predicted molar refractivity (Wildman–Crippen MR) is 46.4 cm³/mol. The van der Waals surface area contributed by atoms with Crippen LogP contribution in [0.2, 0.25) is 0 Å². The van der Waals surface area contributed by atoms with E-state index in [1.165, 1.54) is 0 Å². The SMILES string of the molecule is C\C=C/C(=C\C=N/C)NC. The molecule has 0 bridgehead atoms. The Balaban J connectivity index is 4.04. The van der Waals surface area contributed by atoms with Gasteiger partial charge in [-0.15, -0.1) is 0 Å². The maximum Gasteiger partial charge on any atom is 0.0349 e. The summed E-state index contributed by atoms with van der Waals surface area (Å²) in [7, 11) is 3.63. The molecule has 0 aromatic heterocycles. The second kappa shape index (κ2) is 6.08. The van der Waals surface area contributed by atoms with Gasteiger partial charge in [-0.05, 0) is 19.1 Å². The largest absolute Gasteiger partial charge is 0.388 e. The van der Waals surface area contributed by atoms with Crippen LogP contribution in [-0.2, 0) is 0 Å². The van der Waals surface area contributed by atoms with Crippen LogP contribution in [0.25, 0.3) is 0 Å². The van der Waals surface area contributed by atoms with E-state index >= 15 is 0 Å². The topological polar surface area (TPSA) is 24.4 Å². The first-order valence-corrected chi connectivity index (χ1v) is 3.28. The molecule has 0 saturated carbocycles. The number of hydrogen-bond acceptors (Lipinski definition) is 2. The molecule has 1 N–H and O–H groups in total. The Bertz CT molecular complexity index is 155. The molecule has 0 aliphatic heterocycles. The maximum absolute atomic E-state index is 3.83. The monoisotopic (exact) mass is 138 g/mol. The third kappa shape index (κ3) is 3.89. The molecule has 0 radical (unpaired) electrons. The first-order valence-electron chi connectivity index (χ1n) is 3.28. The fourth-order valence-electron chi connectivity index (χ4n) is 0.557. The van der Waals surface area contributed by atoms with Gasteiger partial charge in [0.25, 0.3) is 0 Å². The van der Waals surface area contributed by atoms with E-state index in [0.717, 1.165) is 5.70 Å². The van der Waals surface area contributed by atoms with Gasteiger partial charge in [-0.25, -0.2) is 0 Å². The summed E-state index contributed by atoms with van der Waals surface area (Å²) in [4.78, 5) is 3.83. The Labute approximate surface area is 62.4 Å². The summed E-state index contributed by atoms with van der Waals surface area (Å²) in [6, 6.07) is 0. The third-order valence-corrected chi connectivity index (χ3v) is 1.04. The summed E-state index contributed by atoms with van der Waals surface area (Å²) >= 11 is 0. The molecule has 10 heavy (non-hydrogen) atoms. The van der Waals surface area contributed by atoms with Crippen molar-refractivity contribution >= 4 is 6.21 Å². The number of hydrogen-bond donors (Lipinski definition) is 1. The lowest BCUT2D eigenvalue weighted by Crippen LogP contribution is -2.02. The molecule has 0 aromatic rings. The highest BCUT2D eigenvalue weighted by molar-refractivity contribution is 5.72. The summed E-state index contributed by atoms with van der Waals surface area (Å²) in [6.45, 7) is 1.98. The second-order valence-corrected chi connectivity index (χ2v) is 1.78. The van der Waals surface area contributed by atoms with Crippen molar-refractivity contribution in [3.63, 3.8) is 0 Å². The molecule has 2 nitrogen and oxygen atoms in total. The number of nitrogens with one attached hydrogen (secondary N) is 1. The Morgan fingerprint density at radius 3 is 2.60 bits per heavy atom. The molecule has 0 unspecified atom stereocenters. The van der Waals surface area contributed by atoms with Crippen molar-refractivity contribution in [3.8, 4) is 0 Å². The first-order chi connectivity index (χ1) is 4.85. The average Bonchev–Trinajstić information content (AvgIpc) is 1.98. The van der Waals surface area contributed by atoms with Crippen LogP contribution in [0.3, 0.4) is 0 Å². The standard InChI is InChI=1S/C8H14N2/c1-4-5-8(10-3)6-7-9-2/h4-7,10H,1-3H3/b5-4-,8-6+,9-7-. The van der Waals surface area contributed by atoms with Crippen molar-refractivity contribution in [1.29, 1.82) is 0 Å².